The van der Waals surface area contributed by atoms with Crippen LogP contribution in [0, 0.1) is 0 Å². The topological polar surface area (TPSA) is 77.0 Å². The van der Waals surface area contributed by atoms with Crippen molar-refractivity contribution in [2.75, 3.05) is 27.9 Å². The van der Waals surface area contributed by atoms with Crippen molar-refractivity contribution in [3.8, 4) is 17.2 Å². The van der Waals surface area contributed by atoms with Crippen molar-refractivity contribution in [1.29, 1.82) is 0 Å². The Morgan fingerprint density at radius 2 is 1.68 bits per heavy atom. The first kappa shape index (κ1) is 17.3. The van der Waals surface area contributed by atoms with Crippen molar-refractivity contribution in [2.24, 2.45) is 0 Å². The zero-order chi connectivity index (χ0) is 13.5. The van der Waals surface area contributed by atoms with Crippen LogP contribution in [0.1, 0.15) is 5.56 Å². The zero-order valence-corrected chi connectivity index (χ0v) is 11.9. The molecule has 0 aromatic heterocycles. The van der Waals surface area contributed by atoms with Gasteiger partial charge >= 0.3 is 5.97 Å². The fourth-order valence-electron chi connectivity index (χ4n) is 1.55. The number of hydrogen-bond acceptors (Lipinski definition) is 5. The van der Waals surface area contributed by atoms with E-state index in [0.717, 1.165) is 5.56 Å². The quantitative estimate of drug-likeness (QED) is 0.789. The van der Waals surface area contributed by atoms with E-state index in [4.69, 9.17) is 19.3 Å². The van der Waals surface area contributed by atoms with Crippen molar-refractivity contribution in [3.05, 3.63) is 17.7 Å². The van der Waals surface area contributed by atoms with Crippen LogP contribution in [-0.4, -0.2) is 38.9 Å². The average Bonchev–Trinajstić information content (AvgIpc) is 2.36. The van der Waals surface area contributed by atoms with Gasteiger partial charge in [-0.25, -0.2) is 0 Å². The molecule has 0 atom stereocenters. The van der Waals surface area contributed by atoms with Crippen molar-refractivity contribution in [3.63, 3.8) is 0 Å². The van der Waals surface area contributed by atoms with Crippen LogP contribution in [0.3, 0.4) is 0 Å². The number of carboxylic acids is 1. The highest BCUT2D eigenvalue weighted by molar-refractivity contribution is 5.85. The van der Waals surface area contributed by atoms with Gasteiger partial charge in [0.2, 0.25) is 5.75 Å². The van der Waals surface area contributed by atoms with Gasteiger partial charge in [-0.1, -0.05) is 0 Å². The summed E-state index contributed by atoms with van der Waals surface area (Å²) in [6, 6.07) is 3.55. The van der Waals surface area contributed by atoms with Gasteiger partial charge in [0.15, 0.2) is 11.5 Å². The molecule has 108 valence electrons. The summed E-state index contributed by atoms with van der Waals surface area (Å²) in [4.78, 5) is 10.4. The standard InChI is InChI=1S/C12H17NO5.ClH/c1-16-9-4-8(6-13-7-11(14)15)5-10(17-2)12(9)18-3;/h4-5,13H,6-7H2,1-3H3,(H,14,15);1H. The lowest BCUT2D eigenvalue weighted by atomic mass is 10.2. The zero-order valence-electron chi connectivity index (χ0n) is 11.1. The molecule has 0 aliphatic heterocycles. The SMILES string of the molecule is COc1cc(CNCC(=O)O)cc(OC)c1OC.Cl. The highest BCUT2D eigenvalue weighted by atomic mass is 35.5. The average molecular weight is 292 g/mol. The third-order valence-corrected chi connectivity index (χ3v) is 2.33. The van der Waals surface area contributed by atoms with Crippen LogP contribution < -0.4 is 19.5 Å². The molecule has 0 unspecified atom stereocenters. The second-order valence-corrected chi connectivity index (χ2v) is 3.53. The Bertz CT molecular complexity index is 400. The third-order valence-electron chi connectivity index (χ3n) is 2.33. The predicted octanol–water partition coefficient (Wildman–Crippen LogP) is 1.31. The van der Waals surface area contributed by atoms with E-state index in [1.54, 1.807) is 12.1 Å². The summed E-state index contributed by atoms with van der Waals surface area (Å²) in [5.41, 5.74) is 0.853. The Kier molecular flexibility index (Phi) is 7.71. The maximum atomic E-state index is 10.4. The van der Waals surface area contributed by atoms with E-state index in [9.17, 15) is 4.79 Å². The van der Waals surface area contributed by atoms with Gasteiger partial charge in [-0.15, -0.1) is 12.4 Å². The Morgan fingerprint density at radius 3 is 2.05 bits per heavy atom. The van der Waals surface area contributed by atoms with Gasteiger partial charge in [0, 0.05) is 6.54 Å². The van der Waals surface area contributed by atoms with Crippen molar-refractivity contribution in [2.45, 2.75) is 6.54 Å². The molecular weight excluding hydrogens is 274 g/mol. The molecule has 1 rings (SSSR count). The summed E-state index contributed by atoms with van der Waals surface area (Å²) in [6.07, 6.45) is 0. The maximum Gasteiger partial charge on any atom is 0.317 e. The minimum Gasteiger partial charge on any atom is -0.493 e. The number of aliphatic carboxylic acids is 1. The normalized spacial score (nSPS) is 9.42. The summed E-state index contributed by atoms with van der Waals surface area (Å²) in [6.45, 7) is 0.305. The third kappa shape index (κ3) is 4.84. The number of methoxy groups -OCH3 is 3. The molecule has 0 spiro atoms. The predicted molar refractivity (Wildman–Crippen MR) is 72.7 cm³/mol. The minimum atomic E-state index is -0.901. The summed E-state index contributed by atoms with van der Waals surface area (Å²) in [7, 11) is 4.60. The molecule has 0 aliphatic rings. The number of ether oxygens (including phenoxy) is 3. The largest absolute Gasteiger partial charge is 0.493 e. The summed E-state index contributed by atoms with van der Waals surface area (Å²) in [5, 5.41) is 11.3. The van der Waals surface area contributed by atoms with E-state index in [0.29, 0.717) is 23.8 Å². The Hall–Kier alpha value is -1.66. The first-order chi connectivity index (χ1) is 8.62. The lowest BCUT2D eigenvalue weighted by Crippen LogP contribution is -2.21. The number of carboxylic acid groups (broad SMARTS) is 1. The number of nitrogens with one attached hydrogen (secondary N) is 1. The van der Waals surface area contributed by atoms with E-state index in [1.165, 1.54) is 21.3 Å². The second kappa shape index (κ2) is 8.44. The van der Waals surface area contributed by atoms with Crippen LogP contribution in [0.2, 0.25) is 0 Å². The molecular formula is C12H18ClNO5. The Labute approximate surface area is 118 Å². The lowest BCUT2D eigenvalue weighted by Gasteiger charge is -2.14. The Morgan fingerprint density at radius 1 is 1.16 bits per heavy atom. The van der Waals surface area contributed by atoms with Crippen LogP contribution in [0.5, 0.6) is 17.2 Å². The van der Waals surface area contributed by atoms with E-state index in [1.807, 2.05) is 0 Å². The molecule has 0 aliphatic carbocycles. The van der Waals surface area contributed by atoms with E-state index in [2.05, 4.69) is 5.32 Å². The molecule has 1 aromatic rings. The number of rotatable bonds is 7. The molecule has 2 N–H and O–H groups in total. The van der Waals surface area contributed by atoms with Gasteiger partial charge in [-0.3, -0.25) is 4.79 Å². The van der Waals surface area contributed by atoms with Gasteiger partial charge < -0.3 is 24.6 Å². The fraction of sp³-hybridized carbons (Fsp3) is 0.417. The van der Waals surface area contributed by atoms with E-state index in [-0.39, 0.29) is 19.0 Å². The molecule has 0 saturated heterocycles. The van der Waals surface area contributed by atoms with Crippen molar-refractivity contribution in [1.82, 2.24) is 5.32 Å². The van der Waals surface area contributed by atoms with Crippen molar-refractivity contribution < 1.29 is 24.1 Å². The molecule has 19 heavy (non-hydrogen) atoms. The molecule has 0 amide bonds. The maximum absolute atomic E-state index is 10.4. The fourth-order valence-corrected chi connectivity index (χ4v) is 1.55. The van der Waals surface area contributed by atoms with Gasteiger partial charge in [0.05, 0.1) is 27.9 Å². The molecule has 0 fully saturated rings. The minimum absolute atomic E-state index is 0. The smallest absolute Gasteiger partial charge is 0.317 e. The molecule has 1 aromatic carbocycles. The second-order valence-electron chi connectivity index (χ2n) is 3.53. The summed E-state index contributed by atoms with van der Waals surface area (Å²) < 4.78 is 15.6. The molecule has 0 heterocycles. The van der Waals surface area contributed by atoms with E-state index >= 15 is 0 Å². The first-order valence-electron chi connectivity index (χ1n) is 5.33. The Balaban J connectivity index is 0.00000324. The number of halogens is 1. The molecule has 0 radical (unpaired) electrons. The molecule has 7 heteroatoms. The number of hydrogen-bond donors (Lipinski definition) is 2. The molecule has 0 saturated carbocycles. The van der Waals surface area contributed by atoms with E-state index < -0.39 is 5.97 Å². The van der Waals surface area contributed by atoms with Gasteiger partial charge in [-0.05, 0) is 17.7 Å². The molecule has 0 bridgehead atoms. The van der Waals surface area contributed by atoms with Gasteiger partial charge in [-0.2, -0.15) is 0 Å². The number of benzene rings is 1. The highest BCUT2D eigenvalue weighted by Gasteiger charge is 2.12. The van der Waals surface area contributed by atoms with Gasteiger partial charge in [0.25, 0.3) is 0 Å². The monoisotopic (exact) mass is 291 g/mol. The summed E-state index contributed by atoms with van der Waals surface area (Å²) >= 11 is 0. The number of carbonyl (C=O) groups is 1. The van der Waals surface area contributed by atoms with Crippen LogP contribution in [0.15, 0.2) is 12.1 Å². The lowest BCUT2D eigenvalue weighted by molar-refractivity contribution is -0.135. The first-order valence-corrected chi connectivity index (χ1v) is 5.33. The van der Waals surface area contributed by atoms with Crippen LogP contribution in [0.4, 0.5) is 0 Å². The van der Waals surface area contributed by atoms with Crippen molar-refractivity contribution >= 4 is 18.4 Å². The molecule has 6 nitrogen and oxygen atoms in total. The highest BCUT2D eigenvalue weighted by Crippen LogP contribution is 2.38. The van der Waals surface area contributed by atoms with Gasteiger partial charge in [0.1, 0.15) is 0 Å². The van der Waals surface area contributed by atoms with Crippen LogP contribution >= 0.6 is 12.4 Å². The summed E-state index contributed by atoms with van der Waals surface area (Å²) in [5.74, 6) is 0.706. The van der Waals surface area contributed by atoms with Crippen LogP contribution in [0.25, 0.3) is 0 Å². The van der Waals surface area contributed by atoms with Crippen LogP contribution in [-0.2, 0) is 11.3 Å².